The number of benzene rings is 1. The van der Waals surface area contributed by atoms with Crippen molar-refractivity contribution in [2.45, 2.75) is 25.3 Å². The molecule has 76 valence electrons. The Kier molecular flexibility index (Phi) is 2.42. The molecule has 2 rings (SSSR count). The molecule has 1 aliphatic carbocycles. The van der Waals surface area contributed by atoms with Crippen LogP contribution in [-0.2, 0) is 12.8 Å². The first-order chi connectivity index (χ1) is 6.72. The number of methoxy groups -OCH3 is 1. The number of nitrogens with two attached hydrogens (primary N) is 1. The van der Waals surface area contributed by atoms with Crippen molar-refractivity contribution in [1.29, 1.82) is 0 Å². The lowest BCUT2D eigenvalue weighted by Crippen LogP contribution is -2.28. The maximum Gasteiger partial charge on any atom is 0.168 e. The van der Waals surface area contributed by atoms with Crippen molar-refractivity contribution in [3.63, 3.8) is 0 Å². The van der Waals surface area contributed by atoms with Crippen LogP contribution in [0.25, 0.3) is 0 Å². The van der Waals surface area contributed by atoms with Crippen molar-refractivity contribution in [3.8, 4) is 5.75 Å². The van der Waals surface area contributed by atoms with Crippen molar-refractivity contribution in [3.05, 3.63) is 29.1 Å². The average Bonchev–Trinajstić information content (AvgIpc) is 2.18. The Balaban J connectivity index is 2.43. The van der Waals surface area contributed by atoms with Crippen LogP contribution in [0.15, 0.2) is 12.1 Å². The van der Waals surface area contributed by atoms with Gasteiger partial charge in [-0.15, -0.1) is 0 Å². The van der Waals surface area contributed by atoms with Gasteiger partial charge in [-0.3, -0.25) is 0 Å². The monoisotopic (exact) mass is 195 g/mol. The number of hydrogen-bond acceptors (Lipinski definition) is 2. The summed E-state index contributed by atoms with van der Waals surface area (Å²) in [6, 6.07) is 3.76. The fourth-order valence-electron chi connectivity index (χ4n) is 1.97. The molecule has 0 radical (unpaired) electrons. The highest BCUT2D eigenvalue weighted by Crippen LogP contribution is 2.28. The van der Waals surface area contributed by atoms with Crippen LogP contribution in [0.4, 0.5) is 4.39 Å². The van der Waals surface area contributed by atoms with Gasteiger partial charge in [0.25, 0.3) is 0 Å². The van der Waals surface area contributed by atoms with E-state index in [1.807, 2.05) is 6.07 Å². The van der Waals surface area contributed by atoms with Gasteiger partial charge >= 0.3 is 0 Å². The Morgan fingerprint density at radius 2 is 2.29 bits per heavy atom. The number of halogens is 1. The van der Waals surface area contributed by atoms with E-state index >= 15 is 0 Å². The van der Waals surface area contributed by atoms with E-state index in [4.69, 9.17) is 10.5 Å². The standard InChI is InChI=1S/C11H14FNO/c1-14-10-5-2-7-6-8(13)3-4-9(7)11(10)12/h2,5,8H,3-4,6,13H2,1H3. The van der Waals surface area contributed by atoms with Crippen molar-refractivity contribution >= 4 is 0 Å². The fourth-order valence-corrected chi connectivity index (χ4v) is 1.97. The number of ether oxygens (including phenoxy) is 1. The second-order valence-electron chi connectivity index (χ2n) is 3.72. The maximum absolute atomic E-state index is 13.7. The molecule has 2 N–H and O–H groups in total. The largest absolute Gasteiger partial charge is 0.494 e. The van der Waals surface area contributed by atoms with E-state index in [0.717, 1.165) is 30.4 Å². The first-order valence-corrected chi connectivity index (χ1v) is 4.82. The van der Waals surface area contributed by atoms with Gasteiger partial charge in [0, 0.05) is 6.04 Å². The van der Waals surface area contributed by atoms with E-state index in [1.165, 1.54) is 7.11 Å². The summed E-state index contributed by atoms with van der Waals surface area (Å²) in [5.41, 5.74) is 7.63. The lowest BCUT2D eigenvalue weighted by atomic mass is 9.88. The summed E-state index contributed by atoms with van der Waals surface area (Å²) < 4.78 is 18.6. The van der Waals surface area contributed by atoms with Gasteiger partial charge in [0.05, 0.1) is 7.11 Å². The Labute approximate surface area is 82.9 Å². The van der Waals surface area contributed by atoms with Gasteiger partial charge in [0.2, 0.25) is 0 Å². The molecule has 0 fully saturated rings. The van der Waals surface area contributed by atoms with Gasteiger partial charge in [0.1, 0.15) is 0 Å². The molecule has 0 saturated heterocycles. The smallest absolute Gasteiger partial charge is 0.168 e. The van der Waals surface area contributed by atoms with E-state index < -0.39 is 0 Å². The van der Waals surface area contributed by atoms with Crippen LogP contribution in [0.1, 0.15) is 17.5 Å². The summed E-state index contributed by atoms with van der Waals surface area (Å²) in [6.45, 7) is 0. The molecule has 0 aromatic heterocycles. The van der Waals surface area contributed by atoms with Crippen LogP contribution < -0.4 is 10.5 Å². The van der Waals surface area contributed by atoms with Crippen LogP contribution >= 0.6 is 0 Å². The summed E-state index contributed by atoms with van der Waals surface area (Å²) in [7, 11) is 1.49. The van der Waals surface area contributed by atoms with Gasteiger partial charge in [0.15, 0.2) is 11.6 Å². The molecule has 1 aliphatic rings. The van der Waals surface area contributed by atoms with E-state index in [1.54, 1.807) is 6.07 Å². The summed E-state index contributed by atoms with van der Waals surface area (Å²) in [5, 5.41) is 0. The molecule has 1 aromatic rings. The van der Waals surface area contributed by atoms with Crippen LogP contribution in [0.2, 0.25) is 0 Å². The Bertz CT molecular complexity index is 351. The molecule has 14 heavy (non-hydrogen) atoms. The summed E-state index contributed by atoms with van der Waals surface area (Å²) in [6.07, 6.45) is 2.35. The third-order valence-corrected chi connectivity index (χ3v) is 2.77. The molecular weight excluding hydrogens is 181 g/mol. The van der Waals surface area contributed by atoms with E-state index in [2.05, 4.69) is 0 Å². The Morgan fingerprint density at radius 3 is 3.00 bits per heavy atom. The molecular formula is C11H14FNO. The molecule has 1 atom stereocenters. The minimum atomic E-state index is -0.211. The van der Waals surface area contributed by atoms with Crippen molar-refractivity contribution in [2.75, 3.05) is 7.11 Å². The van der Waals surface area contributed by atoms with E-state index in [0.29, 0.717) is 5.75 Å². The number of rotatable bonds is 1. The van der Waals surface area contributed by atoms with Crippen molar-refractivity contribution < 1.29 is 9.13 Å². The van der Waals surface area contributed by atoms with Gasteiger partial charge in [-0.1, -0.05) is 6.07 Å². The molecule has 0 heterocycles. The van der Waals surface area contributed by atoms with Crippen molar-refractivity contribution in [1.82, 2.24) is 0 Å². The molecule has 0 amide bonds. The van der Waals surface area contributed by atoms with Crippen LogP contribution in [0, 0.1) is 5.82 Å². The zero-order valence-electron chi connectivity index (χ0n) is 8.22. The highest BCUT2D eigenvalue weighted by atomic mass is 19.1. The lowest BCUT2D eigenvalue weighted by Gasteiger charge is -2.22. The third-order valence-electron chi connectivity index (χ3n) is 2.77. The Hall–Kier alpha value is -1.09. The minimum Gasteiger partial charge on any atom is -0.494 e. The number of hydrogen-bond donors (Lipinski definition) is 1. The highest BCUT2D eigenvalue weighted by Gasteiger charge is 2.20. The predicted molar refractivity (Wildman–Crippen MR) is 53.0 cm³/mol. The average molecular weight is 195 g/mol. The summed E-state index contributed by atoms with van der Waals surface area (Å²) >= 11 is 0. The second-order valence-corrected chi connectivity index (χ2v) is 3.72. The van der Waals surface area contributed by atoms with Crippen LogP contribution in [0.5, 0.6) is 5.75 Å². The second kappa shape index (κ2) is 3.58. The van der Waals surface area contributed by atoms with Gasteiger partial charge in [-0.2, -0.15) is 0 Å². The minimum absolute atomic E-state index is 0.176. The zero-order valence-corrected chi connectivity index (χ0v) is 8.22. The van der Waals surface area contributed by atoms with E-state index in [-0.39, 0.29) is 11.9 Å². The molecule has 1 unspecified atom stereocenters. The maximum atomic E-state index is 13.7. The van der Waals surface area contributed by atoms with Crippen LogP contribution in [0.3, 0.4) is 0 Å². The topological polar surface area (TPSA) is 35.2 Å². The normalized spacial score (nSPS) is 20.4. The van der Waals surface area contributed by atoms with Gasteiger partial charge in [-0.25, -0.2) is 4.39 Å². The van der Waals surface area contributed by atoms with Crippen molar-refractivity contribution in [2.24, 2.45) is 5.73 Å². The first kappa shape index (κ1) is 9.46. The molecule has 0 spiro atoms. The summed E-state index contributed by atoms with van der Waals surface area (Å²) in [4.78, 5) is 0. The fraction of sp³-hybridized carbons (Fsp3) is 0.455. The number of fused-ring (bicyclic) bond motifs is 1. The first-order valence-electron chi connectivity index (χ1n) is 4.82. The molecule has 0 bridgehead atoms. The zero-order chi connectivity index (χ0) is 10.1. The summed E-state index contributed by atoms with van der Waals surface area (Å²) in [5.74, 6) is 0.121. The van der Waals surface area contributed by atoms with Gasteiger partial charge in [-0.05, 0) is 36.5 Å². The lowest BCUT2D eigenvalue weighted by molar-refractivity contribution is 0.381. The van der Waals surface area contributed by atoms with Gasteiger partial charge < -0.3 is 10.5 Å². The van der Waals surface area contributed by atoms with Crippen LogP contribution in [-0.4, -0.2) is 13.2 Å². The third kappa shape index (κ3) is 1.48. The predicted octanol–water partition coefficient (Wildman–Crippen LogP) is 1.65. The molecule has 1 aromatic carbocycles. The van der Waals surface area contributed by atoms with E-state index in [9.17, 15) is 4.39 Å². The quantitative estimate of drug-likeness (QED) is 0.739. The Morgan fingerprint density at radius 1 is 1.50 bits per heavy atom. The SMILES string of the molecule is COc1ccc2c(c1F)CCC(N)C2. The molecule has 0 aliphatic heterocycles. The molecule has 2 nitrogen and oxygen atoms in total. The molecule has 0 saturated carbocycles. The molecule has 3 heteroatoms. The highest BCUT2D eigenvalue weighted by molar-refractivity contribution is 5.39.